The molecule has 0 amide bonds. The quantitative estimate of drug-likeness (QED) is 0.417. The van der Waals surface area contributed by atoms with Crippen LogP contribution in [0.1, 0.15) is 43.7 Å². The second-order valence-electron chi connectivity index (χ2n) is 9.22. The summed E-state index contributed by atoms with van der Waals surface area (Å²) in [6.45, 7) is 10.1. The molecule has 0 unspecified atom stereocenters. The second kappa shape index (κ2) is 9.02. The van der Waals surface area contributed by atoms with Gasteiger partial charge in [-0.05, 0) is 32.0 Å². The van der Waals surface area contributed by atoms with E-state index in [4.69, 9.17) is 21.3 Å². The van der Waals surface area contributed by atoms with Crippen molar-refractivity contribution in [1.82, 2.24) is 29.3 Å². The highest BCUT2D eigenvalue weighted by Gasteiger charge is 2.20. The summed E-state index contributed by atoms with van der Waals surface area (Å²) in [6, 6.07) is 7.33. The molecule has 0 aromatic carbocycles. The molecule has 9 heteroatoms. The minimum Gasteiger partial charge on any atom is -0.485 e. The van der Waals surface area contributed by atoms with Crippen LogP contribution in [0.3, 0.4) is 0 Å². The van der Waals surface area contributed by atoms with E-state index < -0.39 is 0 Å². The molecule has 4 rings (SSSR count). The van der Waals surface area contributed by atoms with Crippen LogP contribution in [-0.4, -0.2) is 29.3 Å². The third kappa shape index (κ3) is 4.72. The number of ether oxygens (including phenoxy) is 1. The maximum atomic E-state index is 13.3. The Morgan fingerprint density at radius 3 is 2.56 bits per heavy atom. The van der Waals surface area contributed by atoms with Gasteiger partial charge in [0.25, 0.3) is 5.56 Å². The molecule has 0 N–H and O–H groups in total. The van der Waals surface area contributed by atoms with E-state index in [1.807, 2.05) is 45.3 Å². The molecule has 0 fully saturated rings. The van der Waals surface area contributed by atoms with Crippen molar-refractivity contribution in [2.24, 2.45) is 7.05 Å². The lowest BCUT2D eigenvalue weighted by Gasteiger charge is -2.18. The predicted molar refractivity (Wildman–Crippen MR) is 132 cm³/mol. The smallest absolute Gasteiger partial charge is 0.277 e. The minimum atomic E-state index is -0.377. The lowest BCUT2D eigenvalue weighted by Crippen LogP contribution is -2.23. The van der Waals surface area contributed by atoms with Crippen molar-refractivity contribution in [3.8, 4) is 22.7 Å². The molecule has 0 aliphatic carbocycles. The molecule has 0 aliphatic heterocycles. The van der Waals surface area contributed by atoms with Gasteiger partial charge in [0.2, 0.25) is 0 Å². The molecule has 8 nitrogen and oxygen atoms in total. The number of halogens is 1. The molecule has 0 aliphatic rings. The number of aromatic nitrogens is 6. The van der Waals surface area contributed by atoms with Crippen molar-refractivity contribution >= 4 is 11.6 Å². The van der Waals surface area contributed by atoms with Crippen LogP contribution < -0.4 is 10.3 Å². The zero-order chi connectivity index (χ0) is 24.6. The first kappa shape index (κ1) is 23.6. The molecule has 0 saturated heterocycles. The molecule has 4 aromatic rings. The number of hydrogen-bond acceptors (Lipinski definition) is 6. The summed E-state index contributed by atoms with van der Waals surface area (Å²) in [5, 5.41) is 4.29. The Hall–Kier alpha value is -3.52. The first-order chi connectivity index (χ1) is 16.0. The SMILES string of the molecule is Cc1ncc(-c2ccnc(C(C)(C)C)n2)cc1-n1c(C)cc(OCc2ccn(C)n2)c(Cl)c1=O. The summed E-state index contributed by atoms with van der Waals surface area (Å²) in [7, 11) is 1.83. The van der Waals surface area contributed by atoms with E-state index in [9.17, 15) is 4.79 Å². The second-order valence-corrected chi connectivity index (χ2v) is 9.60. The molecule has 0 saturated carbocycles. The maximum absolute atomic E-state index is 13.3. The number of pyridine rings is 2. The third-order valence-electron chi connectivity index (χ3n) is 5.37. The molecular weight excluding hydrogens is 452 g/mol. The molecule has 176 valence electrons. The van der Waals surface area contributed by atoms with Gasteiger partial charge in [0.1, 0.15) is 23.2 Å². The summed E-state index contributed by atoms with van der Waals surface area (Å²) in [4.78, 5) is 26.9. The van der Waals surface area contributed by atoms with E-state index in [-0.39, 0.29) is 22.6 Å². The van der Waals surface area contributed by atoms with Gasteiger partial charge in [0.15, 0.2) is 0 Å². The predicted octanol–water partition coefficient (Wildman–Crippen LogP) is 4.57. The van der Waals surface area contributed by atoms with E-state index in [1.165, 1.54) is 0 Å². The van der Waals surface area contributed by atoms with Crippen molar-refractivity contribution in [2.45, 2.75) is 46.6 Å². The lowest BCUT2D eigenvalue weighted by atomic mass is 9.95. The molecule has 0 bridgehead atoms. The van der Waals surface area contributed by atoms with Crippen molar-refractivity contribution in [3.05, 3.63) is 81.1 Å². The number of rotatable bonds is 5. The summed E-state index contributed by atoms with van der Waals surface area (Å²) >= 11 is 6.45. The average Bonchev–Trinajstić information content (AvgIpc) is 3.21. The van der Waals surface area contributed by atoms with Crippen LogP contribution in [-0.2, 0) is 19.1 Å². The van der Waals surface area contributed by atoms with Crippen LogP contribution >= 0.6 is 11.6 Å². The Labute approximate surface area is 203 Å². The Bertz CT molecular complexity index is 1420. The van der Waals surface area contributed by atoms with Crippen molar-refractivity contribution in [1.29, 1.82) is 0 Å². The Morgan fingerprint density at radius 1 is 1.12 bits per heavy atom. The lowest BCUT2D eigenvalue weighted by molar-refractivity contribution is 0.299. The summed E-state index contributed by atoms with van der Waals surface area (Å²) in [5.74, 6) is 1.05. The van der Waals surface area contributed by atoms with E-state index >= 15 is 0 Å². The Kier molecular flexibility index (Phi) is 6.27. The largest absolute Gasteiger partial charge is 0.485 e. The van der Waals surface area contributed by atoms with Gasteiger partial charge in [-0.15, -0.1) is 0 Å². The van der Waals surface area contributed by atoms with Crippen molar-refractivity contribution in [3.63, 3.8) is 0 Å². The van der Waals surface area contributed by atoms with Crippen molar-refractivity contribution in [2.75, 3.05) is 0 Å². The van der Waals surface area contributed by atoms with Gasteiger partial charge in [-0.3, -0.25) is 19.0 Å². The van der Waals surface area contributed by atoms with Crippen LogP contribution in [0.5, 0.6) is 5.75 Å². The Balaban J connectivity index is 1.73. The van der Waals surface area contributed by atoms with E-state index in [2.05, 4.69) is 35.8 Å². The van der Waals surface area contributed by atoms with E-state index in [1.54, 1.807) is 27.7 Å². The number of aryl methyl sites for hydroxylation is 3. The fourth-order valence-corrected chi connectivity index (χ4v) is 3.74. The van der Waals surface area contributed by atoms with E-state index in [0.717, 1.165) is 22.8 Å². The van der Waals surface area contributed by atoms with Crippen LogP contribution in [0.2, 0.25) is 5.02 Å². The zero-order valence-electron chi connectivity index (χ0n) is 20.1. The van der Waals surface area contributed by atoms with Gasteiger partial charge in [-0.25, -0.2) is 9.97 Å². The van der Waals surface area contributed by atoms with Gasteiger partial charge < -0.3 is 4.74 Å². The normalized spacial score (nSPS) is 11.6. The fraction of sp³-hybridized carbons (Fsp3) is 0.320. The highest BCUT2D eigenvalue weighted by molar-refractivity contribution is 6.31. The molecule has 0 radical (unpaired) electrons. The monoisotopic (exact) mass is 478 g/mol. The van der Waals surface area contributed by atoms with Crippen LogP contribution in [0.25, 0.3) is 16.9 Å². The number of hydrogen-bond donors (Lipinski definition) is 0. The van der Waals surface area contributed by atoms with Gasteiger partial charge in [0, 0.05) is 48.4 Å². The summed E-state index contributed by atoms with van der Waals surface area (Å²) < 4.78 is 9.04. The van der Waals surface area contributed by atoms with Gasteiger partial charge in [-0.2, -0.15) is 5.10 Å². The fourth-order valence-electron chi connectivity index (χ4n) is 3.55. The third-order valence-corrected chi connectivity index (χ3v) is 5.72. The number of nitrogens with zero attached hydrogens (tertiary/aromatic N) is 6. The zero-order valence-corrected chi connectivity index (χ0v) is 20.9. The molecule has 4 heterocycles. The Morgan fingerprint density at radius 2 is 1.88 bits per heavy atom. The van der Waals surface area contributed by atoms with Crippen LogP contribution in [0.15, 0.2) is 47.7 Å². The van der Waals surface area contributed by atoms with Gasteiger partial charge >= 0.3 is 0 Å². The molecule has 34 heavy (non-hydrogen) atoms. The standard InChI is InChI=1S/C25H27ClN6O2/c1-15-11-21(34-14-18-8-10-31(6)30-18)22(26)23(33)32(15)20-12-17(13-28-16(20)2)19-7-9-27-24(29-19)25(3,4)5/h7-13H,14H2,1-6H3. The first-order valence-electron chi connectivity index (χ1n) is 10.9. The topological polar surface area (TPSA) is 87.7 Å². The minimum absolute atomic E-state index is 0.00314. The molecule has 0 atom stereocenters. The van der Waals surface area contributed by atoms with Crippen LogP contribution in [0.4, 0.5) is 0 Å². The molecule has 4 aromatic heterocycles. The first-order valence-corrected chi connectivity index (χ1v) is 11.3. The highest BCUT2D eigenvalue weighted by Crippen LogP contribution is 2.28. The van der Waals surface area contributed by atoms with Gasteiger partial charge in [0.05, 0.1) is 22.8 Å². The maximum Gasteiger partial charge on any atom is 0.277 e. The highest BCUT2D eigenvalue weighted by atomic mass is 35.5. The van der Waals surface area contributed by atoms with E-state index in [0.29, 0.717) is 22.8 Å². The summed E-state index contributed by atoms with van der Waals surface area (Å²) in [6.07, 6.45) is 5.32. The molecular formula is C25H27ClN6O2. The average molecular weight is 479 g/mol. The summed E-state index contributed by atoms with van der Waals surface area (Å²) in [5.41, 5.74) is 3.69. The van der Waals surface area contributed by atoms with Crippen molar-refractivity contribution < 1.29 is 4.74 Å². The molecule has 0 spiro atoms. The van der Waals surface area contributed by atoms with Gasteiger partial charge in [-0.1, -0.05) is 32.4 Å². The van der Waals surface area contributed by atoms with Crippen LogP contribution in [0, 0.1) is 13.8 Å².